The lowest BCUT2D eigenvalue weighted by molar-refractivity contribution is 0.573. The number of piperidine rings is 1. The van der Waals surface area contributed by atoms with Crippen molar-refractivity contribution in [1.29, 1.82) is 0 Å². The molecule has 144 valence electrons. The number of hydrogen-bond acceptors (Lipinski definition) is 4. The van der Waals surface area contributed by atoms with Crippen LogP contribution in [0, 0.1) is 12.7 Å². The minimum absolute atomic E-state index is 0.204. The highest BCUT2D eigenvalue weighted by Crippen LogP contribution is 2.19. The van der Waals surface area contributed by atoms with E-state index in [4.69, 9.17) is 12.2 Å². The molecule has 2 aromatic rings. The third-order valence-corrected chi connectivity index (χ3v) is 4.83. The number of nitrogens with one attached hydrogen (secondary N) is 2. The molecule has 0 unspecified atom stereocenters. The summed E-state index contributed by atoms with van der Waals surface area (Å²) in [6, 6.07) is 8.63. The van der Waals surface area contributed by atoms with E-state index in [2.05, 4.69) is 25.5 Å². The van der Waals surface area contributed by atoms with Crippen molar-refractivity contribution in [2.24, 2.45) is 0 Å². The first-order valence-corrected chi connectivity index (χ1v) is 9.91. The zero-order valence-electron chi connectivity index (χ0n) is 15.7. The van der Waals surface area contributed by atoms with Gasteiger partial charge in [0.2, 0.25) is 5.95 Å². The standard InChI is InChI=1S/C20H26FN5S/c1-15-14-18(26-12-3-2-4-13-26)24-19(23-15)25-20(27)22-11-5-6-16-7-9-17(21)10-8-16/h7-10,14H,2-6,11-13H2,1H3,(H2,22,23,24,25,27). The predicted molar refractivity (Wildman–Crippen MR) is 112 cm³/mol. The zero-order valence-corrected chi connectivity index (χ0v) is 16.5. The molecule has 1 aliphatic rings. The maximum absolute atomic E-state index is 12.9. The Hall–Kier alpha value is -2.28. The average Bonchev–Trinajstić information content (AvgIpc) is 2.67. The van der Waals surface area contributed by atoms with Crippen LogP contribution in [-0.2, 0) is 6.42 Å². The smallest absolute Gasteiger partial charge is 0.231 e. The molecule has 27 heavy (non-hydrogen) atoms. The van der Waals surface area contributed by atoms with Crippen molar-refractivity contribution in [2.75, 3.05) is 29.9 Å². The summed E-state index contributed by atoms with van der Waals surface area (Å²) < 4.78 is 12.9. The number of thiocarbonyl (C=S) groups is 1. The Bertz CT molecular complexity index is 759. The van der Waals surface area contributed by atoms with Gasteiger partial charge >= 0.3 is 0 Å². The van der Waals surface area contributed by atoms with Crippen LogP contribution in [0.3, 0.4) is 0 Å². The zero-order chi connectivity index (χ0) is 19.1. The summed E-state index contributed by atoms with van der Waals surface area (Å²) in [6.07, 6.45) is 5.48. The van der Waals surface area contributed by atoms with Crippen LogP contribution < -0.4 is 15.5 Å². The molecule has 1 aromatic carbocycles. The first kappa shape index (κ1) is 19.5. The van der Waals surface area contributed by atoms with E-state index in [0.29, 0.717) is 11.1 Å². The van der Waals surface area contributed by atoms with Gasteiger partial charge in [0.15, 0.2) is 5.11 Å². The molecule has 2 heterocycles. The van der Waals surface area contributed by atoms with Gasteiger partial charge in [0.1, 0.15) is 11.6 Å². The highest BCUT2D eigenvalue weighted by molar-refractivity contribution is 7.80. The van der Waals surface area contributed by atoms with Crippen LogP contribution in [0.4, 0.5) is 16.2 Å². The quantitative estimate of drug-likeness (QED) is 0.580. The van der Waals surface area contributed by atoms with Gasteiger partial charge in [0, 0.05) is 31.4 Å². The lowest BCUT2D eigenvalue weighted by atomic mass is 10.1. The van der Waals surface area contributed by atoms with E-state index in [1.807, 2.05) is 25.1 Å². The molecule has 0 bridgehead atoms. The summed E-state index contributed by atoms with van der Waals surface area (Å²) >= 11 is 5.36. The Kier molecular flexibility index (Phi) is 6.92. The molecular weight excluding hydrogens is 361 g/mol. The lowest BCUT2D eigenvalue weighted by Crippen LogP contribution is -2.32. The van der Waals surface area contributed by atoms with Gasteiger partial charge in [-0.1, -0.05) is 12.1 Å². The van der Waals surface area contributed by atoms with Crippen molar-refractivity contribution in [3.05, 3.63) is 47.4 Å². The summed E-state index contributed by atoms with van der Waals surface area (Å²) in [4.78, 5) is 11.4. The fraction of sp³-hybridized carbons (Fsp3) is 0.450. The normalized spacial score (nSPS) is 14.1. The van der Waals surface area contributed by atoms with Crippen LogP contribution >= 0.6 is 12.2 Å². The summed E-state index contributed by atoms with van der Waals surface area (Å²) in [5.41, 5.74) is 2.04. The second-order valence-electron chi connectivity index (χ2n) is 6.85. The second-order valence-corrected chi connectivity index (χ2v) is 7.26. The molecule has 2 N–H and O–H groups in total. The number of aryl methyl sites for hydroxylation is 2. The number of aromatic nitrogens is 2. The highest BCUT2D eigenvalue weighted by atomic mass is 32.1. The summed E-state index contributed by atoms with van der Waals surface area (Å²) in [5.74, 6) is 1.29. The molecular formula is C20H26FN5S. The molecule has 1 fully saturated rings. The Morgan fingerprint density at radius 1 is 1.15 bits per heavy atom. The molecule has 1 aromatic heterocycles. The third kappa shape index (κ3) is 6.13. The number of benzene rings is 1. The first-order chi connectivity index (χ1) is 13.1. The third-order valence-electron chi connectivity index (χ3n) is 4.59. The molecule has 7 heteroatoms. The van der Waals surface area contributed by atoms with Crippen LogP contribution in [0.25, 0.3) is 0 Å². The van der Waals surface area contributed by atoms with Gasteiger partial charge in [-0.25, -0.2) is 9.37 Å². The van der Waals surface area contributed by atoms with Crippen LogP contribution in [0.1, 0.15) is 36.9 Å². The molecule has 0 saturated carbocycles. The summed E-state index contributed by atoms with van der Waals surface area (Å²) in [6.45, 7) is 4.79. The molecule has 1 aliphatic heterocycles. The molecule has 3 rings (SSSR count). The Morgan fingerprint density at radius 2 is 1.89 bits per heavy atom. The van der Waals surface area contributed by atoms with Crippen LogP contribution in [-0.4, -0.2) is 34.7 Å². The van der Waals surface area contributed by atoms with E-state index in [9.17, 15) is 4.39 Å². The molecule has 0 spiro atoms. The van der Waals surface area contributed by atoms with Crippen LogP contribution in [0.2, 0.25) is 0 Å². The van der Waals surface area contributed by atoms with Gasteiger partial charge in [-0.2, -0.15) is 4.98 Å². The number of rotatable bonds is 6. The van der Waals surface area contributed by atoms with Crippen molar-refractivity contribution in [2.45, 2.75) is 39.0 Å². The topological polar surface area (TPSA) is 53.1 Å². The minimum Gasteiger partial charge on any atom is -0.362 e. The number of anilines is 2. The summed E-state index contributed by atoms with van der Waals surface area (Å²) in [5, 5.41) is 6.79. The Morgan fingerprint density at radius 3 is 2.63 bits per heavy atom. The number of hydrogen-bond donors (Lipinski definition) is 2. The second kappa shape index (κ2) is 9.60. The van der Waals surface area contributed by atoms with Gasteiger partial charge in [-0.3, -0.25) is 0 Å². The number of nitrogens with zero attached hydrogens (tertiary/aromatic N) is 3. The van der Waals surface area contributed by atoms with Gasteiger partial charge in [0.25, 0.3) is 0 Å². The predicted octanol–water partition coefficient (Wildman–Crippen LogP) is 3.83. The van der Waals surface area contributed by atoms with Crippen molar-refractivity contribution in [1.82, 2.24) is 15.3 Å². The van der Waals surface area contributed by atoms with E-state index >= 15 is 0 Å². The van der Waals surface area contributed by atoms with E-state index in [1.54, 1.807) is 0 Å². The van der Waals surface area contributed by atoms with Crippen molar-refractivity contribution < 1.29 is 4.39 Å². The molecule has 0 atom stereocenters. The Labute approximate surface area is 165 Å². The van der Waals surface area contributed by atoms with Crippen molar-refractivity contribution in [3.63, 3.8) is 0 Å². The Balaban J connectivity index is 1.47. The lowest BCUT2D eigenvalue weighted by Gasteiger charge is -2.28. The van der Waals surface area contributed by atoms with E-state index in [0.717, 1.165) is 49.6 Å². The fourth-order valence-electron chi connectivity index (χ4n) is 3.18. The van der Waals surface area contributed by atoms with Crippen molar-refractivity contribution >= 4 is 29.1 Å². The van der Waals surface area contributed by atoms with Gasteiger partial charge < -0.3 is 15.5 Å². The average molecular weight is 388 g/mol. The largest absolute Gasteiger partial charge is 0.362 e. The van der Waals surface area contributed by atoms with Crippen LogP contribution in [0.15, 0.2) is 30.3 Å². The van der Waals surface area contributed by atoms with Crippen molar-refractivity contribution in [3.8, 4) is 0 Å². The first-order valence-electron chi connectivity index (χ1n) is 9.50. The molecule has 0 aliphatic carbocycles. The number of halogens is 1. The SMILES string of the molecule is Cc1cc(N2CCCCC2)nc(NC(=S)NCCCc2ccc(F)cc2)n1. The highest BCUT2D eigenvalue weighted by Gasteiger charge is 2.14. The maximum atomic E-state index is 12.9. The molecule has 0 radical (unpaired) electrons. The molecule has 0 amide bonds. The van der Waals surface area contributed by atoms with Gasteiger partial charge in [-0.05, 0) is 68.9 Å². The molecule has 5 nitrogen and oxygen atoms in total. The fourth-order valence-corrected chi connectivity index (χ4v) is 3.38. The monoisotopic (exact) mass is 387 g/mol. The summed E-state index contributed by atoms with van der Waals surface area (Å²) in [7, 11) is 0. The van der Waals surface area contributed by atoms with E-state index in [-0.39, 0.29) is 5.82 Å². The van der Waals surface area contributed by atoms with Gasteiger partial charge in [0.05, 0.1) is 0 Å². The van der Waals surface area contributed by atoms with E-state index < -0.39 is 0 Å². The minimum atomic E-state index is -0.204. The van der Waals surface area contributed by atoms with Crippen LogP contribution in [0.5, 0.6) is 0 Å². The van der Waals surface area contributed by atoms with Gasteiger partial charge in [-0.15, -0.1) is 0 Å². The maximum Gasteiger partial charge on any atom is 0.231 e. The van der Waals surface area contributed by atoms with E-state index in [1.165, 1.54) is 31.4 Å². The molecule has 1 saturated heterocycles.